The first-order chi connectivity index (χ1) is 12.5. The number of ether oxygens (including phenoxy) is 2. The van der Waals surface area contributed by atoms with Crippen LogP contribution in [0.15, 0.2) is 48.8 Å². The molecule has 3 rings (SSSR count). The molecule has 0 aliphatic rings. The van der Waals surface area contributed by atoms with Gasteiger partial charge in [-0.05, 0) is 29.8 Å². The predicted octanol–water partition coefficient (Wildman–Crippen LogP) is 3.32. The number of nitrogens with two attached hydrogens (primary N) is 1. The van der Waals surface area contributed by atoms with Gasteiger partial charge in [0.15, 0.2) is 0 Å². The molecule has 3 aromatic rings. The van der Waals surface area contributed by atoms with Crippen molar-refractivity contribution in [2.24, 2.45) is 0 Å². The average molecular weight is 358 g/mol. The van der Waals surface area contributed by atoms with E-state index in [0.717, 1.165) is 11.3 Å². The van der Waals surface area contributed by atoms with E-state index in [1.165, 1.54) is 19.2 Å². The zero-order valence-electron chi connectivity index (χ0n) is 13.9. The van der Waals surface area contributed by atoms with Gasteiger partial charge >= 0.3 is 6.61 Å². The average Bonchev–Trinajstić information content (AvgIpc) is 2.63. The number of halogens is 2. The Kier molecular flexibility index (Phi) is 5.21. The number of hydrogen-bond donors (Lipinski definition) is 1. The maximum atomic E-state index is 12.5. The van der Waals surface area contributed by atoms with Crippen LogP contribution in [0.2, 0.25) is 0 Å². The summed E-state index contributed by atoms with van der Waals surface area (Å²) in [6.45, 7) is -2.89. The van der Waals surface area contributed by atoms with Crippen LogP contribution >= 0.6 is 0 Å². The van der Waals surface area contributed by atoms with Gasteiger partial charge in [0.25, 0.3) is 0 Å². The summed E-state index contributed by atoms with van der Waals surface area (Å²) in [7, 11) is 1.52. The molecule has 0 spiro atoms. The number of pyridine rings is 1. The smallest absolute Gasteiger partial charge is 0.387 e. The second-order valence-electron chi connectivity index (χ2n) is 5.39. The van der Waals surface area contributed by atoms with Crippen molar-refractivity contribution in [3.63, 3.8) is 0 Å². The van der Waals surface area contributed by atoms with Crippen LogP contribution in [0.4, 0.5) is 14.7 Å². The molecule has 0 saturated carbocycles. The van der Waals surface area contributed by atoms with Crippen LogP contribution in [0.1, 0.15) is 11.3 Å². The van der Waals surface area contributed by atoms with E-state index in [1.54, 1.807) is 30.6 Å². The summed E-state index contributed by atoms with van der Waals surface area (Å²) in [6.07, 6.45) is 3.75. The summed E-state index contributed by atoms with van der Waals surface area (Å²) >= 11 is 0. The summed E-state index contributed by atoms with van der Waals surface area (Å²) < 4.78 is 34.7. The molecule has 1 aromatic carbocycles. The molecule has 8 heteroatoms. The van der Waals surface area contributed by atoms with Crippen LogP contribution < -0.4 is 15.2 Å². The molecule has 6 nitrogen and oxygen atoms in total. The Morgan fingerprint density at radius 3 is 2.58 bits per heavy atom. The molecule has 2 N–H and O–H groups in total. The quantitative estimate of drug-likeness (QED) is 0.728. The molecular weight excluding hydrogens is 342 g/mol. The lowest BCUT2D eigenvalue weighted by Crippen LogP contribution is -2.02. The van der Waals surface area contributed by atoms with Crippen molar-refractivity contribution in [2.75, 3.05) is 12.8 Å². The first kappa shape index (κ1) is 17.5. The third kappa shape index (κ3) is 4.21. The number of nitrogen functional groups attached to an aromatic ring is 1. The number of nitrogens with zero attached hydrogens (tertiary/aromatic N) is 3. The summed E-state index contributed by atoms with van der Waals surface area (Å²) in [5, 5.41) is 0. The fourth-order valence-electron chi connectivity index (χ4n) is 2.44. The molecule has 2 heterocycles. The second-order valence-corrected chi connectivity index (χ2v) is 5.39. The monoisotopic (exact) mass is 358 g/mol. The molecule has 0 atom stereocenters. The van der Waals surface area contributed by atoms with E-state index in [9.17, 15) is 8.78 Å². The van der Waals surface area contributed by atoms with Crippen LogP contribution in [0.5, 0.6) is 11.5 Å². The maximum Gasteiger partial charge on any atom is 0.387 e. The highest BCUT2D eigenvalue weighted by Gasteiger charge is 2.12. The van der Waals surface area contributed by atoms with Gasteiger partial charge in [-0.1, -0.05) is 12.1 Å². The minimum atomic E-state index is -2.89. The highest BCUT2D eigenvalue weighted by atomic mass is 19.3. The van der Waals surface area contributed by atoms with Crippen LogP contribution in [0.25, 0.3) is 11.3 Å². The van der Waals surface area contributed by atoms with E-state index in [4.69, 9.17) is 10.5 Å². The van der Waals surface area contributed by atoms with Gasteiger partial charge in [0.05, 0.1) is 7.11 Å². The van der Waals surface area contributed by atoms with Crippen molar-refractivity contribution in [3.8, 4) is 22.8 Å². The molecule has 0 saturated heterocycles. The Bertz CT molecular complexity index is 889. The van der Waals surface area contributed by atoms with Crippen molar-refractivity contribution >= 4 is 5.95 Å². The molecule has 0 bridgehead atoms. The first-order valence-corrected chi connectivity index (χ1v) is 7.70. The van der Waals surface area contributed by atoms with Gasteiger partial charge in [-0.2, -0.15) is 8.78 Å². The highest BCUT2D eigenvalue weighted by Crippen LogP contribution is 2.31. The van der Waals surface area contributed by atoms with Gasteiger partial charge < -0.3 is 15.2 Å². The van der Waals surface area contributed by atoms with Crippen molar-refractivity contribution < 1.29 is 18.3 Å². The molecule has 0 amide bonds. The van der Waals surface area contributed by atoms with Gasteiger partial charge in [-0.25, -0.2) is 15.0 Å². The molecule has 0 unspecified atom stereocenters. The van der Waals surface area contributed by atoms with E-state index in [1.807, 2.05) is 6.07 Å². The lowest BCUT2D eigenvalue weighted by atomic mass is 10.1. The van der Waals surface area contributed by atoms with Crippen molar-refractivity contribution in [2.45, 2.75) is 13.0 Å². The zero-order valence-corrected chi connectivity index (χ0v) is 13.9. The third-order valence-corrected chi connectivity index (χ3v) is 3.58. The van der Waals surface area contributed by atoms with Crippen LogP contribution in [-0.2, 0) is 6.42 Å². The van der Waals surface area contributed by atoms with Gasteiger partial charge in [0, 0.05) is 30.1 Å². The van der Waals surface area contributed by atoms with Crippen molar-refractivity contribution in [1.29, 1.82) is 0 Å². The van der Waals surface area contributed by atoms with Gasteiger partial charge in [0.2, 0.25) is 5.95 Å². The summed E-state index contributed by atoms with van der Waals surface area (Å²) in [4.78, 5) is 12.5. The Morgan fingerprint density at radius 2 is 1.88 bits per heavy atom. The van der Waals surface area contributed by atoms with Crippen LogP contribution in [0, 0.1) is 0 Å². The SMILES string of the molecule is COc1ccc(Cc2cnc(N)nc2)nc1-c1cccc(OC(F)F)c1. The van der Waals surface area contributed by atoms with Gasteiger partial charge in [-0.3, -0.25) is 0 Å². The van der Waals surface area contributed by atoms with Gasteiger partial charge in [0.1, 0.15) is 17.2 Å². The first-order valence-electron chi connectivity index (χ1n) is 7.70. The number of anilines is 1. The van der Waals surface area contributed by atoms with Crippen molar-refractivity contribution in [3.05, 3.63) is 60.0 Å². The van der Waals surface area contributed by atoms with E-state index < -0.39 is 6.61 Å². The Morgan fingerprint density at radius 1 is 1.12 bits per heavy atom. The van der Waals surface area contributed by atoms with Crippen LogP contribution in [0.3, 0.4) is 0 Å². The van der Waals surface area contributed by atoms with Gasteiger partial charge in [-0.15, -0.1) is 0 Å². The van der Waals surface area contributed by atoms with Crippen molar-refractivity contribution in [1.82, 2.24) is 15.0 Å². The van der Waals surface area contributed by atoms with E-state index in [0.29, 0.717) is 23.4 Å². The lowest BCUT2D eigenvalue weighted by Gasteiger charge is -2.11. The van der Waals surface area contributed by atoms with Crippen LogP contribution in [-0.4, -0.2) is 28.7 Å². The Hall–Kier alpha value is -3.29. The summed E-state index contributed by atoms with van der Waals surface area (Å²) in [6, 6.07) is 9.91. The Balaban J connectivity index is 1.94. The largest absolute Gasteiger partial charge is 0.494 e. The maximum absolute atomic E-state index is 12.5. The molecule has 0 aliphatic carbocycles. The minimum Gasteiger partial charge on any atom is -0.494 e. The number of methoxy groups -OCH3 is 1. The van der Waals surface area contributed by atoms with E-state index >= 15 is 0 Å². The summed E-state index contributed by atoms with van der Waals surface area (Å²) in [5.41, 5.74) is 8.21. The standard InChI is InChI=1S/C18H16F2N4O2/c1-25-15-6-5-13(7-11-9-22-18(21)23-10-11)24-16(15)12-3-2-4-14(8-12)26-17(19)20/h2-6,8-10,17H,7H2,1H3,(H2,21,22,23). The van der Waals surface area contributed by atoms with E-state index in [-0.39, 0.29) is 11.7 Å². The number of benzene rings is 1. The fraction of sp³-hybridized carbons (Fsp3) is 0.167. The number of rotatable bonds is 6. The molecule has 0 fully saturated rings. The lowest BCUT2D eigenvalue weighted by molar-refractivity contribution is -0.0498. The predicted molar refractivity (Wildman–Crippen MR) is 92.1 cm³/mol. The molecule has 0 aliphatic heterocycles. The summed E-state index contributed by atoms with van der Waals surface area (Å²) in [5.74, 6) is 0.781. The topological polar surface area (TPSA) is 83.2 Å². The normalized spacial score (nSPS) is 10.8. The molecular formula is C18H16F2N4O2. The molecule has 2 aromatic heterocycles. The van der Waals surface area contributed by atoms with E-state index in [2.05, 4.69) is 19.7 Å². The molecule has 134 valence electrons. The highest BCUT2D eigenvalue weighted by molar-refractivity contribution is 5.68. The number of hydrogen-bond acceptors (Lipinski definition) is 6. The second kappa shape index (κ2) is 7.73. The Labute approximate surface area is 148 Å². The minimum absolute atomic E-state index is 0.0543. The third-order valence-electron chi connectivity index (χ3n) is 3.58. The fourth-order valence-corrected chi connectivity index (χ4v) is 2.44. The molecule has 26 heavy (non-hydrogen) atoms. The molecule has 0 radical (unpaired) electrons. The zero-order chi connectivity index (χ0) is 18.5. The number of aromatic nitrogens is 3. The number of alkyl halides is 2.